The molecule has 0 aliphatic heterocycles. The summed E-state index contributed by atoms with van der Waals surface area (Å²) in [7, 11) is 1.84. The fourth-order valence-electron chi connectivity index (χ4n) is 2.80. The fraction of sp³-hybridized carbons (Fsp3) is 0.176. The van der Waals surface area contributed by atoms with E-state index in [1.54, 1.807) is 10.9 Å². The van der Waals surface area contributed by atoms with Crippen LogP contribution in [0.2, 0.25) is 0 Å². The molecule has 120 valence electrons. The minimum atomic E-state index is -0.170. The van der Waals surface area contributed by atoms with Crippen molar-refractivity contribution < 1.29 is 9.32 Å². The number of carbonyl (C=O) groups excluding carboxylic acids is 1. The molecule has 0 aliphatic rings. The average Bonchev–Trinajstić information content (AvgIpc) is 3.09. The normalized spacial score (nSPS) is 11.2. The largest absolute Gasteiger partial charge is 0.356 e. The van der Waals surface area contributed by atoms with Gasteiger partial charge >= 0.3 is 0 Å². The molecule has 0 saturated heterocycles. The van der Waals surface area contributed by atoms with Crippen molar-refractivity contribution in [1.29, 1.82) is 0 Å². The van der Waals surface area contributed by atoms with Crippen LogP contribution in [0.3, 0.4) is 0 Å². The Kier molecular flexibility index (Phi) is 3.26. The van der Waals surface area contributed by atoms with E-state index >= 15 is 0 Å². The molecule has 1 amide bonds. The van der Waals surface area contributed by atoms with Crippen molar-refractivity contribution in [3.8, 4) is 0 Å². The summed E-state index contributed by atoms with van der Waals surface area (Å²) in [6, 6.07) is 9.36. The lowest BCUT2D eigenvalue weighted by Crippen LogP contribution is -2.15. The zero-order valence-electron chi connectivity index (χ0n) is 13.3. The van der Waals surface area contributed by atoms with Gasteiger partial charge in [-0.05, 0) is 25.1 Å². The summed E-state index contributed by atoms with van der Waals surface area (Å²) in [5.74, 6) is -0.170. The Morgan fingerprint density at radius 1 is 1.29 bits per heavy atom. The molecule has 0 bridgehead atoms. The summed E-state index contributed by atoms with van der Waals surface area (Å²) in [4.78, 5) is 16.7. The summed E-state index contributed by atoms with van der Waals surface area (Å²) in [5.41, 5.74) is 3.59. The second-order valence-corrected chi connectivity index (χ2v) is 5.65. The highest BCUT2D eigenvalue weighted by Gasteiger charge is 2.13. The van der Waals surface area contributed by atoms with Crippen LogP contribution in [0.5, 0.6) is 0 Å². The number of hydrogen-bond donors (Lipinski definition) is 1. The number of para-hydroxylation sites is 1. The second kappa shape index (κ2) is 5.45. The molecule has 0 spiro atoms. The fourth-order valence-corrected chi connectivity index (χ4v) is 2.80. The standard InChI is InChI=1S/C17H15N5O2/c1-10-13-7-11(9-18-17(13)22(2)20-10)19-16(23)8-14-12-5-3-4-6-15(12)24-21-14/h3-7,9H,8H2,1-2H3,(H,19,23). The van der Waals surface area contributed by atoms with Gasteiger partial charge in [-0.1, -0.05) is 17.3 Å². The summed E-state index contributed by atoms with van der Waals surface area (Å²) < 4.78 is 6.94. The van der Waals surface area contributed by atoms with Crippen LogP contribution in [0.15, 0.2) is 41.1 Å². The minimum absolute atomic E-state index is 0.140. The molecule has 24 heavy (non-hydrogen) atoms. The van der Waals surface area contributed by atoms with Crippen molar-refractivity contribution in [2.45, 2.75) is 13.3 Å². The molecular formula is C17H15N5O2. The molecule has 1 aromatic carbocycles. The van der Waals surface area contributed by atoms with Crippen LogP contribution in [-0.2, 0) is 18.3 Å². The molecule has 0 atom stereocenters. The Hall–Kier alpha value is -3.22. The van der Waals surface area contributed by atoms with E-state index in [0.29, 0.717) is 17.0 Å². The first-order valence-electron chi connectivity index (χ1n) is 7.54. The number of aryl methyl sites for hydroxylation is 2. The molecule has 7 heteroatoms. The van der Waals surface area contributed by atoms with Gasteiger partial charge in [-0.3, -0.25) is 9.48 Å². The number of aromatic nitrogens is 4. The van der Waals surface area contributed by atoms with Crippen molar-refractivity contribution in [1.82, 2.24) is 19.9 Å². The number of rotatable bonds is 3. The smallest absolute Gasteiger partial charge is 0.230 e. The third kappa shape index (κ3) is 2.40. The van der Waals surface area contributed by atoms with E-state index < -0.39 is 0 Å². The van der Waals surface area contributed by atoms with Gasteiger partial charge in [0.2, 0.25) is 5.91 Å². The van der Waals surface area contributed by atoms with E-state index in [-0.39, 0.29) is 12.3 Å². The maximum atomic E-state index is 12.3. The Morgan fingerprint density at radius 2 is 2.12 bits per heavy atom. The van der Waals surface area contributed by atoms with Crippen molar-refractivity contribution in [2.24, 2.45) is 7.05 Å². The Labute approximate surface area is 137 Å². The molecule has 4 aromatic rings. The van der Waals surface area contributed by atoms with E-state index in [2.05, 4.69) is 20.6 Å². The molecule has 1 N–H and O–H groups in total. The quantitative estimate of drug-likeness (QED) is 0.627. The number of nitrogens with one attached hydrogen (secondary N) is 1. The van der Waals surface area contributed by atoms with Gasteiger partial charge in [-0.15, -0.1) is 0 Å². The number of amides is 1. The topological polar surface area (TPSA) is 85.8 Å². The van der Waals surface area contributed by atoms with Crippen LogP contribution >= 0.6 is 0 Å². The van der Waals surface area contributed by atoms with Gasteiger partial charge in [0.15, 0.2) is 11.2 Å². The molecule has 0 saturated carbocycles. The first kappa shape index (κ1) is 14.4. The summed E-state index contributed by atoms with van der Waals surface area (Å²) in [5, 5.41) is 12.9. The molecule has 3 aromatic heterocycles. The third-order valence-corrected chi connectivity index (χ3v) is 3.93. The lowest BCUT2D eigenvalue weighted by atomic mass is 10.1. The Balaban J connectivity index is 1.57. The van der Waals surface area contributed by atoms with Crippen molar-refractivity contribution >= 4 is 33.6 Å². The van der Waals surface area contributed by atoms with Gasteiger partial charge in [0.25, 0.3) is 0 Å². The first-order valence-corrected chi connectivity index (χ1v) is 7.54. The van der Waals surface area contributed by atoms with Gasteiger partial charge in [-0.2, -0.15) is 5.10 Å². The summed E-state index contributed by atoms with van der Waals surface area (Å²) in [6.45, 7) is 1.91. The number of pyridine rings is 1. The number of hydrogen-bond acceptors (Lipinski definition) is 5. The molecular weight excluding hydrogens is 306 g/mol. The number of benzene rings is 1. The summed E-state index contributed by atoms with van der Waals surface area (Å²) >= 11 is 0. The van der Waals surface area contributed by atoms with Gasteiger partial charge < -0.3 is 9.84 Å². The van der Waals surface area contributed by atoms with E-state index in [0.717, 1.165) is 22.1 Å². The minimum Gasteiger partial charge on any atom is -0.356 e. The molecule has 4 rings (SSSR count). The van der Waals surface area contributed by atoms with Crippen LogP contribution in [0.1, 0.15) is 11.4 Å². The SMILES string of the molecule is Cc1nn(C)c2ncc(NC(=O)Cc3noc4ccccc34)cc12. The molecule has 0 fully saturated rings. The van der Waals surface area contributed by atoms with Gasteiger partial charge in [0.1, 0.15) is 5.69 Å². The van der Waals surface area contributed by atoms with Gasteiger partial charge in [0, 0.05) is 17.8 Å². The lowest BCUT2D eigenvalue weighted by molar-refractivity contribution is -0.115. The first-order chi connectivity index (χ1) is 11.6. The third-order valence-electron chi connectivity index (χ3n) is 3.93. The van der Waals surface area contributed by atoms with Crippen molar-refractivity contribution in [3.63, 3.8) is 0 Å². The predicted octanol–water partition coefficient (Wildman–Crippen LogP) is 2.60. The maximum Gasteiger partial charge on any atom is 0.230 e. The number of carbonyl (C=O) groups is 1. The average molecular weight is 321 g/mol. The van der Waals surface area contributed by atoms with E-state index in [1.165, 1.54) is 0 Å². The molecule has 0 aliphatic carbocycles. The Morgan fingerprint density at radius 3 is 3.00 bits per heavy atom. The van der Waals surface area contributed by atoms with Crippen LogP contribution in [0.25, 0.3) is 22.0 Å². The van der Waals surface area contributed by atoms with Crippen LogP contribution < -0.4 is 5.32 Å². The zero-order valence-corrected chi connectivity index (χ0v) is 13.3. The predicted molar refractivity (Wildman–Crippen MR) is 89.6 cm³/mol. The molecule has 0 unspecified atom stereocenters. The van der Waals surface area contributed by atoms with Crippen LogP contribution in [-0.4, -0.2) is 25.8 Å². The maximum absolute atomic E-state index is 12.3. The van der Waals surface area contributed by atoms with Crippen LogP contribution in [0, 0.1) is 6.92 Å². The zero-order chi connectivity index (χ0) is 16.7. The monoisotopic (exact) mass is 321 g/mol. The van der Waals surface area contributed by atoms with Gasteiger partial charge in [-0.25, -0.2) is 4.98 Å². The second-order valence-electron chi connectivity index (χ2n) is 5.65. The molecule has 7 nitrogen and oxygen atoms in total. The van der Waals surface area contributed by atoms with E-state index in [9.17, 15) is 4.79 Å². The molecule has 3 heterocycles. The highest BCUT2D eigenvalue weighted by Crippen LogP contribution is 2.21. The van der Waals surface area contributed by atoms with Crippen molar-refractivity contribution in [2.75, 3.05) is 5.32 Å². The van der Waals surface area contributed by atoms with E-state index in [4.69, 9.17) is 4.52 Å². The highest BCUT2D eigenvalue weighted by atomic mass is 16.5. The lowest BCUT2D eigenvalue weighted by Gasteiger charge is -2.04. The van der Waals surface area contributed by atoms with Gasteiger partial charge in [0.05, 0.1) is 24.0 Å². The number of fused-ring (bicyclic) bond motifs is 2. The highest BCUT2D eigenvalue weighted by molar-refractivity contribution is 5.96. The van der Waals surface area contributed by atoms with Crippen molar-refractivity contribution in [3.05, 3.63) is 47.9 Å². The molecule has 0 radical (unpaired) electrons. The summed E-state index contributed by atoms with van der Waals surface area (Å²) in [6.07, 6.45) is 1.77. The number of anilines is 1. The number of nitrogens with zero attached hydrogens (tertiary/aromatic N) is 4. The van der Waals surface area contributed by atoms with Crippen LogP contribution in [0.4, 0.5) is 5.69 Å². The Bertz CT molecular complexity index is 1060. The van der Waals surface area contributed by atoms with E-state index in [1.807, 2.05) is 44.3 Å².